The fraction of sp³-hybridized carbons (Fsp3) is 0.786. The summed E-state index contributed by atoms with van der Waals surface area (Å²) in [4.78, 5) is 7.05. The van der Waals surface area contributed by atoms with Gasteiger partial charge in [0.25, 0.3) is 0 Å². The molecule has 1 saturated carbocycles. The van der Waals surface area contributed by atoms with Gasteiger partial charge in [-0.15, -0.1) is 0 Å². The third-order valence-corrected chi connectivity index (χ3v) is 4.54. The van der Waals surface area contributed by atoms with E-state index in [1.54, 1.807) is 0 Å². The predicted molar refractivity (Wildman–Crippen MR) is 73.7 cm³/mol. The van der Waals surface area contributed by atoms with Gasteiger partial charge < -0.3 is 15.2 Å². The second-order valence-electron chi connectivity index (χ2n) is 5.90. The van der Waals surface area contributed by atoms with Gasteiger partial charge in [0.1, 0.15) is 0 Å². The Hall–Kier alpha value is -1.03. The molecular weight excluding hydrogens is 224 g/mol. The third kappa shape index (κ3) is 2.14. The first-order chi connectivity index (χ1) is 8.75. The minimum absolute atomic E-state index is 0.367. The summed E-state index contributed by atoms with van der Waals surface area (Å²) in [6.45, 7) is 3.32. The minimum Gasteiger partial charge on any atom is -0.339 e. The lowest BCUT2D eigenvalue weighted by molar-refractivity contribution is 0.411. The number of piperidine rings is 1. The van der Waals surface area contributed by atoms with E-state index in [0.29, 0.717) is 18.1 Å². The zero-order chi connectivity index (χ0) is 12.5. The normalized spacial score (nSPS) is 30.0. The highest BCUT2D eigenvalue weighted by molar-refractivity contribution is 5.34. The fourth-order valence-corrected chi connectivity index (χ4v) is 3.50. The lowest BCUT2D eigenvalue weighted by atomic mass is 10.00. The molecule has 0 radical (unpaired) electrons. The first-order valence-electron chi connectivity index (χ1n) is 7.31. The Morgan fingerprint density at radius 1 is 1.28 bits per heavy atom. The first kappa shape index (κ1) is 12.0. The molecule has 1 aromatic rings. The van der Waals surface area contributed by atoms with Crippen molar-refractivity contribution in [1.29, 1.82) is 0 Å². The van der Waals surface area contributed by atoms with Crippen molar-refractivity contribution >= 4 is 5.95 Å². The zero-order valence-electron chi connectivity index (χ0n) is 11.3. The van der Waals surface area contributed by atoms with Crippen molar-refractivity contribution in [2.24, 2.45) is 5.73 Å². The molecule has 2 unspecified atom stereocenters. The van der Waals surface area contributed by atoms with Crippen LogP contribution in [-0.4, -0.2) is 28.2 Å². The summed E-state index contributed by atoms with van der Waals surface area (Å²) in [5.41, 5.74) is 6.05. The summed E-state index contributed by atoms with van der Waals surface area (Å²) in [7, 11) is 0. The van der Waals surface area contributed by atoms with Crippen LogP contribution in [0.5, 0.6) is 0 Å². The molecular formula is C14H24N4. The summed E-state index contributed by atoms with van der Waals surface area (Å²) in [5, 5.41) is 0. The van der Waals surface area contributed by atoms with Gasteiger partial charge in [0, 0.05) is 37.1 Å². The number of aromatic nitrogens is 2. The van der Waals surface area contributed by atoms with E-state index >= 15 is 0 Å². The Morgan fingerprint density at radius 3 is 2.78 bits per heavy atom. The van der Waals surface area contributed by atoms with Crippen molar-refractivity contribution in [2.45, 2.75) is 63.6 Å². The van der Waals surface area contributed by atoms with Gasteiger partial charge in [0.05, 0.1) is 0 Å². The number of hydrogen-bond donors (Lipinski definition) is 1. The SMILES string of the molecule is CC1CC(N)CCN1c1nccn1C1CCCC1. The van der Waals surface area contributed by atoms with Crippen molar-refractivity contribution in [3.63, 3.8) is 0 Å². The van der Waals surface area contributed by atoms with Crippen LogP contribution in [-0.2, 0) is 0 Å². The monoisotopic (exact) mass is 248 g/mol. The van der Waals surface area contributed by atoms with Gasteiger partial charge in [-0.05, 0) is 32.6 Å². The largest absolute Gasteiger partial charge is 0.339 e. The van der Waals surface area contributed by atoms with Gasteiger partial charge in [0.2, 0.25) is 5.95 Å². The van der Waals surface area contributed by atoms with E-state index in [1.807, 2.05) is 6.20 Å². The highest BCUT2D eigenvalue weighted by Gasteiger charge is 2.28. The average molecular weight is 248 g/mol. The van der Waals surface area contributed by atoms with Gasteiger partial charge in [-0.25, -0.2) is 4.98 Å². The highest BCUT2D eigenvalue weighted by atomic mass is 15.3. The second-order valence-corrected chi connectivity index (χ2v) is 5.90. The molecule has 1 aromatic heterocycles. The quantitative estimate of drug-likeness (QED) is 0.873. The smallest absolute Gasteiger partial charge is 0.205 e. The van der Waals surface area contributed by atoms with Gasteiger partial charge >= 0.3 is 0 Å². The summed E-state index contributed by atoms with van der Waals surface area (Å²) < 4.78 is 2.40. The highest BCUT2D eigenvalue weighted by Crippen LogP contribution is 2.33. The zero-order valence-corrected chi connectivity index (χ0v) is 11.3. The molecule has 100 valence electrons. The summed E-state index contributed by atoms with van der Waals surface area (Å²) in [6, 6.07) is 1.55. The number of anilines is 1. The molecule has 3 rings (SSSR count). The molecule has 2 heterocycles. The Bertz CT molecular complexity index is 394. The van der Waals surface area contributed by atoms with Crippen LogP contribution in [0, 0.1) is 0 Å². The van der Waals surface area contributed by atoms with E-state index in [1.165, 1.54) is 31.6 Å². The molecule has 2 aliphatic rings. The van der Waals surface area contributed by atoms with Gasteiger partial charge in [0.15, 0.2) is 0 Å². The Kier molecular flexibility index (Phi) is 3.29. The number of rotatable bonds is 2. The van der Waals surface area contributed by atoms with E-state index in [2.05, 4.69) is 27.6 Å². The second kappa shape index (κ2) is 4.92. The molecule has 1 aliphatic carbocycles. The van der Waals surface area contributed by atoms with Crippen LogP contribution < -0.4 is 10.6 Å². The van der Waals surface area contributed by atoms with Crippen molar-refractivity contribution < 1.29 is 0 Å². The van der Waals surface area contributed by atoms with E-state index in [0.717, 1.165) is 19.4 Å². The maximum atomic E-state index is 6.05. The topological polar surface area (TPSA) is 47.1 Å². The molecule has 0 amide bonds. The van der Waals surface area contributed by atoms with Gasteiger partial charge in [-0.3, -0.25) is 0 Å². The average Bonchev–Trinajstić information content (AvgIpc) is 2.98. The summed E-state index contributed by atoms with van der Waals surface area (Å²) >= 11 is 0. The molecule has 2 fully saturated rings. The Labute approximate surface area is 109 Å². The molecule has 0 bridgehead atoms. The van der Waals surface area contributed by atoms with Crippen LogP contribution >= 0.6 is 0 Å². The van der Waals surface area contributed by atoms with Crippen LogP contribution in [0.25, 0.3) is 0 Å². The molecule has 1 aliphatic heterocycles. The lowest BCUT2D eigenvalue weighted by Gasteiger charge is -2.38. The van der Waals surface area contributed by atoms with E-state index in [4.69, 9.17) is 5.73 Å². The molecule has 2 atom stereocenters. The van der Waals surface area contributed by atoms with Crippen LogP contribution in [0.2, 0.25) is 0 Å². The lowest BCUT2D eigenvalue weighted by Crippen LogP contribution is -2.46. The predicted octanol–water partition coefficient (Wildman–Crippen LogP) is 2.31. The molecule has 4 nitrogen and oxygen atoms in total. The van der Waals surface area contributed by atoms with Crippen LogP contribution in [0.4, 0.5) is 5.95 Å². The van der Waals surface area contributed by atoms with Crippen LogP contribution in [0.1, 0.15) is 51.5 Å². The van der Waals surface area contributed by atoms with Gasteiger partial charge in [-0.2, -0.15) is 0 Å². The Morgan fingerprint density at radius 2 is 2.06 bits per heavy atom. The third-order valence-electron chi connectivity index (χ3n) is 4.54. The van der Waals surface area contributed by atoms with Crippen molar-refractivity contribution in [2.75, 3.05) is 11.4 Å². The molecule has 4 heteroatoms. The van der Waals surface area contributed by atoms with Crippen molar-refractivity contribution in [3.05, 3.63) is 12.4 Å². The van der Waals surface area contributed by atoms with Crippen LogP contribution in [0.15, 0.2) is 12.4 Å². The molecule has 0 spiro atoms. The number of hydrogen-bond acceptors (Lipinski definition) is 3. The standard InChI is InChI=1S/C14H24N4/c1-11-10-12(15)6-8-17(11)14-16-7-9-18(14)13-4-2-3-5-13/h7,9,11-13H,2-6,8,10,15H2,1H3. The maximum Gasteiger partial charge on any atom is 0.205 e. The maximum absolute atomic E-state index is 6.05. The molecule has 2 N–H and O–H groups in total. The summed E-state index contributed by atoms with van der Waals surface area (Å²) in [6.07, 6.45) is 11.6. The van der Waals surface area contributed by atoms with E-state index in [-0.39, 0.29) is 0 Å². The minimum atomic E-state index is 0.367. The van der Waals surface area contributed by atoms with Crippen molar-refractivity contribution in [1.82, 2.24) is 9.55 Å². The van der Waals surface area contributed by atoms with E-state index in [9.17, 15) is 0 Å². The molecule has 0 aromatic carbocycles. The molecule has 18 heavy (non-hydrogen) atoms. The number of nitrogens with two attached hydrogens (primary N) is 1. The Balaban J connectivity index is 1.81. The van der Waals surface area contributed by atoms with Crippen LogP contribution in [0.3, 0.4) is 0 Å². The number of imidazole rings is 1. The molecule has 1 saturated heterocycles. The number of nitrogens with zero attached hydrogens (tertiary/aromatic N) is 3. The fourth-order valence-electron chi connectivity index (χ4n) is 3.50. The first-order valence-corrected chi connectivity index (χ1v) is 7.31. The van der Waals surface area contributed by atoms with Gasteiger partial charge in [-0.1, -0.05) is 12.8 Å². The van der Waals surface area contributed by atoms with Crippen molar-refractivity contribution in [3.8, 4) is 0 Å². The summed E-state index contributed by atoms with van der Waals surface area (Å²) in [5.74, 6) is 1.17. The van der Waals surface area contributed by atoms with E-state index < -0.39 is 0 Å².